The molecule has 0 aliphatic heterocycles. The van der Waals surface area contributed by atoms with Gasteiger partial charge in [-0.05, 0) is 38.8 Å². The number of H-pyrrole nitrogens is 1. The number of hydrogen-bond donors (Lipinski definition) is 1. The van der Waals surface area contributed by atoms with E-state index in [1.165, 1.54) is 22.3 Å². The molecule has 1 heterocycles. The van der Waals surface area contributed by atoms with Crippen molar-refractivity contribution in [3.05, 3.63) is 45.4 Å². The highest BCUT2D eigenvalue weighted by Crippen LogP contribution is 2.28. The first-order valence-corrected chi connectivity index (χ1v) is 6.04. The number of aryl methyl sites for hydroxylation is 3. The maximum absolute atomic E-state index is 5.22. The SMILES string of the molecule is Cc1cc(C)c(-c2[nH]cnc(=S)c2C)c(C)c1. The Kier molecular flexibility index (Phi) is 3.11. The molecular formula is C14H16N2S. The zero-order valence-corrected chi connectivity index (χ0v) is 11.4. The van der Waals surface area contributed by atoms with Gasteiger partial charge in [-0.15, -0.1) is 0 Å². The predicted molar refractivity (Wildman–Crippen MR) is 73.8 cm³/mol. The molecule has 0 radical (unpaired) electrons. The van der Waals surface area contributed by atoms with E-state index in [0.717, 1.165) is 11.3 Å². The van der Waals surface area contributed by atoms with Gasteiger partial charge in [-0.1, -0.05) is 29.9 Å². The minimum atomic E-state index is 0.665. The van der Waals surface area contributed by atoms with E-state index in [1.807, 2.05) is 6.92 Å². The Morgan fingerprint density at radius 2 is 1.65 bits per heavy atom. The summed E-state index contributed by atoms with van der Waals surface area (Å²) >= 11 is 5.22. The van der Waals surface area contributed by atoms with E-state index in [9.17, 15) is 0 Å². The average molecular weight is 244 g/mol. The normalized spacial score (nSPS) is 10.6. The minimum Gasteiger partial charge on any atom is -0.346 e. The van der Waals surface area contributed by atoms with Crippen molar-refractivity contribution in [3.8, 4) is 11.3 Å². The lowest BCUT2D eigenvalue weighted by Crippen LogP contribution is -1.96. The lowest BCUT2D eigenvalue weighted by atomic mass is 9.95. The van der Waals surface area contributed by atoms with Gasteiger partial charge in [-0.3, -0.25) is 0 Å². The zero-order valence-electron chi connectivity index (χ0n) is 10.6. The van der Waals surface area contributed by atoms with Gasteiger partial charge in [0.25, 0.3) is 0 Å². The lowest BCUT2D eigenvalue weighted by Gasteiger charge is -2.13. The van der Waals surface area contributed by atoms with Gasteiger partial charge in [-0.2, -0.15) is 0 Å². The number of aromatic amines is 1. The molecule has 3 heteroatoms. The van der Waals surface area contributed by atoms with Gasteiger partial charge in [0, 0.05) is 11.1 Å². The van der Waals surface area contributed by atoms with Crippen LogP contribution in [-0.2, 0) is 0 Å². The van der Waals surface area contributed by atoms with Crippen molar-refractivity contribution in [1.29, 1.82) is 0 Å². The Balaban J connectivity index is 2.77. The van der Waals surface area contributed by atoms with E-state index in [0.29, 0.717) is 4.64 Å². The molecule has 0 bridgehead atoms. The summed E-state index contributed by atoms with van der Waals surface area (Å²) in [5.74, 6) is 0. The number of aromatic nitrogens is 2. The van der Waals surface area contributed by atoms with Gasteiger partial charge in [-0.25, -0.2) is 4.98 Å². The van der Waals surface area contributed by atoms with Crippen LogP contribution in [0.5, 0.6) is 0 Å². The van der Waals surface area contributed by atoms with Gasteiger partial charge in [0.2, 0.25) is 0 Å². The Bertz CT molecular complexity index is 603. The maximum Gasteiger partial charge on any atom is 0.132 e. The van der Waals surface area contributed by atoms with Crippen molar-refractivity contribution < 1.29 is 0 Å². The summed E-state index contributed by atoms with van der Waals surface area (Å²) < 4.78 is 0.665. The summed E-state index contributed by atoms with van der Waals surface area (Å²) in [6.07, 6.45) is 1.67. The summed E-state index contributed by atoms with van der Waals surface area (Å²) in [7, 11) is 0. The highest BCUT2D eigenvalue weighted by molar-refractivity contribution is 7.71. The van der Waals surface area contributed by atoms with Crippen LogP contribution < -0.4 is 0 Å². The first-order valence-electron chi connectivity index (χ1n) is 5.63. The smallest absolute Gasteiger partial charge is 0.132 e. The van der Waals surface area contributed by atoms with Crippen molar-refractivity contribution in [2.24, 2.45) is 0 Å². The van der Waals surface area contributed by atoms with Crippen molar-refractivity contribution >= 4 is 12.2 Å². The number of benzene rings is 1. The largest absolute Gasteiger partial charge is 0.346 e. The van der Waals surface area contributed by atoms with Crippen LogP contribution in [0.2, 0.25) is 0 Å². The fourth-order valence-corrected chi connectivity index (χ4v) is 2.46. The minimum absolute atomic E-state index is 0.665. The molecule has 1 aromatic heterocycles. The van der Waals surface area contributed by atoms with Crippen LogP contribution in [0.3, 0.4) is 0 Å². The van der Waals surface area contributed by atoms with E-state index in [-0.39, 0.29) is 0 Å². The molecule has 0 saturated heterocycles. The van der Waals surface area contributed by atoms with Crippen LogP contribution in [0, 0.1) is 32.3 Å². The summed E-state index contributed by atoms with van der Waals surface area (Å²) in [6, 6.07) is 4.39. The predicted octanol–water partition coefficient (Wildman–Crippen LogP) is 4.04. The Labute approximate surface area is 107 Å². The third-order valence-corrected chi connectivity index (χ3v) is 3.43. The van der Waals surface area contributed by atoms with Crippen LogP contribution >= 0.6 is 12.2 Å². The molecule has 0 spiro atoms. The maximum atomic E-state index is 5.22. The number of rotatable bonds is 1. The van der Waals surface area contributed by atoms with Crippen LogP contribution in [0.1, 0.15) is 22.3 Å². The highest BCUT2D eigenvalue weighted by Gasteiger charge is 2.10. The van der Waals surface area contributed by atoms with E-state index in [2.05, 4.69) is 42.9 Å². The van der Waals surface area contributed by atoms with Gasteiger partial charge in [0.05, 0.1) is 12.0 Å². The molecule has 17 heavy (non-hydrogen) atoms. The van der Waals surface area contributed by atoms with Crippen molar-refractivity contribution in [2.45, 2.75) is 27.7 Å². The molecule has 0 aliphatic carbocycles. The van der Waals surface area contributed by atoms with Gasteiger partial charge in [0.1, 0.15) is 4.64 Å². The number of nitrogens with zero attached hydrogens (tertiary/aromatic N) is 1. The van der Waals surface area contributed by atoms with E-state index in [1.54, 1.807) is 6.33 Å². The highest BCUT2D eigenvalue weighted by atomic mass is 32.1. The topological polar surface area (TPSA) is 28.7 Å². The second kappa shape index (κ2) is 4.41. The fourth-order valence-electron chi connectivity index (χ4n) is 2.30. The Morgan fingerprint density at radius 3 is 2.24 bits per heavy atom. The van der Waals surface area contributed by atoms with Crippen molar-refractivity contribution in [2.75, 3.05) is 0 Å². The molecular weight excluding hydrogens is 228 g/mol. The molecule has 0 unspecified atom stereocenters. The molecule has 0 atom stereocenters. The first kappa shape index (κ1) is 12.0. The molecule has 0 fully saturated rings. The number of hydrogen-bond acceptors (Lipinski definition) is 2. The molecule has 2 rings (SSSR count). The molecule has 1 aromatic carbocycles. The zero-order chi connectivity index (χ0) is 12.6. The van der Waals surface area contributed by atoms with Gasteiger partial charge in [0.15, 0.2) is 0 Å². The number of nitrogens with one attached hydrogen (secondary N) is 1. The first-order chi connectivity index (χ1) is 8.00. The van der Waals surface area contributed by atoms with E-state index < -0.39 is 0 Å². The average Bonchev–Trinajstić information content (AvgIpc) is 2.23. The second-order valence-corrected chi connectivity index (χ2v) is 4.87. The molecule has 2 aromatic rings. The molecule has 0 saturated carbocycles. The van der Waals surface area contributed by atoms with Crippen LogP contribution in [0.4, 0.5) is 0 Å². The summed E-state index contributed by atoms with van der Waals surface area (Å²) in [5, 5.41) is 0. The van der Waals surface area contributed by atoms with Crippen molar-refractivity contribution in [3.63, 3.8) is 0 Å². The monoisotopic (exact) mass is 244 g/mol. The molecule has 1 N–H and O–H groups in total. The second-order valence-electron chi connectivity index (χ2n) is 4.48. The fraction of sp³-hybridized carbons (Fsp3) is 0.286. The van der Waals surface area contributed by atoms with E-state index >= 15 is 0 Å². The summed E-state index contributed by atoms with van der Waals surface area (Å²) in [5.41, 5.74) is 7.18. The quantitative estimate of drug-likeness (QED) is 0.767. The van der Waals surface area contributed by atoms with Crippen LogP contribution in [0.15, 0.2) is 18.5 Å². The van der Waals surface area contributed by atoms with E-state index in [4.69, 9.17) is 12.2 Å². The van der Waals surface area contributed by atoms with Gasteiger partial charge >= 0.3 is 0 Å². The third kappa shape index (κ3) is 2.15. The molecule has 0 aliphatic rings. The summed E-state index contributed by atoms with van der Waals surface area (Å²) in [4.78, 5) is 7.32. The van der Waals surface area contributed by atoms with Crippen molar-refractivity contribution in [1.82, 2.24) is 9.97 Å². The molecule has 88 valence electrons. The third-order valence-electron chi connectivity index (χ3n) is 3.01. The summed E-state index contributed by atoms with van der Waals surface area (Å²) in [6.45, 7) is 8.39. The molecule has 2 nitrogen and oxygen atoms in total. The van der Waals surface area contributed by atoms with Crippen LogP contribution in [0.25, 0.3) is 11.3 Å². The van der Waals surface area contributed by atoms with Crippen LogP contribution in [-0.4, -0.2) is 9.97 Å². The standard InChI is InChI=1S/C14H16N2S/c1-8-5-9(2)12(10(3)6-8)13-11(4)14(17)16-7-15-13/h5-7H,1-4H3,(H,15,16,17). The Morgan fingerprint density at radius 1 is 1.06 bits per heavy atom. The van der Waals surface area contributed by atoms with Gasteiger partial charge < -0.3 is 4.98 Å². The molecule has 0 amide bonds. The Hall–Kier alpha value is -1.48. The lowest BCUT2D eigenvalue weighted by molar-refractivity contribution is 1.11.